The van der Waals surface area contributed by atoms with E-state index >= 15 is 0 Å². The maximum atomic E-state index is 10.1. The van der Waals surface area contributed by atoms with Crippen LogP contribution in [0.3, 0.4) is 0 Å². The van der Waals surface area contributed by atoms with Crippen molar-refractivity contribution in [2.24, 2.45) is 0 Å². The van der Waals surface area contributed by atoms with Crippen molar-refractivity contribution in [3.63, 3.8) is 0 Å². The zero-order chi connectivity index (χ0) is 22.8. The number of aromatic nitrogens is 4. The molecule has 0 aliphatic carbocycles. The predicted molar refractivity (Wildman–Crippen MR) is 123 cm³/mol. The molecule has 0 aromatic carbocycles. The number of aromatic hydroxyl groups is 1. The van der Waals surface area contributed by atoms with Crippen LogP contribution in [0.15, 0.2) is 55.1 Å². The minimum Gasteiger partial charge on any atom is -0.506 e. The smallest absolute Gasteiger partial charge is 0.212 e. The first-order chi connectivity index (χ1) is 16.1. The van der Waals surface area contributed by atoms with E-state index in [9.17, 15) is 10.4 Å². The third-order valence-electron chi connectivity index (χ3n) is 5.89. The van der Waals surface area contributed by atoms with Crippen molar-refractivity contribution >= 4 is 11.3 Å². The van der Waals surface area contributed by atoms with E-state index in [0.29, 0.717) is 17.0 Å². The molecule has 4 aromatic rings. The van der Waals surface area contributed by atoms with Crippen LogP contribution in [0.4, 0.5) is 5.82 Å². The fourth-order valence-electron chi connectivity index (χ4n) is 4.16. The Bertz CT molecular complexity index is 1300. The summed E-state index contributed by atoms with van der Waals surface area (Å²) in [4.78, 5) is 13.6. The second-order valence-electron chi connectivity index (χ2n) is 7.95. The zero-order valence-corrected chi connectivity index (χ0v) is 18.2. The Balaban J connectivity index is 1.28. The fraction of sp³-hybridized carbons (Fsp3) is 0.250. The lowest BCUT2D eigenvalue weighted by molar-refractivity contribution is 0.249. The van der Waals surface area contributed by atoms with Gasteiger partial charge in [0.25, 0.3) is 0 Å². The number of anilines is 1. The fourth-order valence-corrected chi connectivity index (χ4v) is 4.16. The maximum absolute atomic E-state index is 10.1. The van der Waals surface area contributed by atoms with Crippen molar-refractivity contribution in [3.05, 3.63) is 66.2 Å². The van der Waals surface area contributed by atoms with Crippen molar-refractivity contribution in [3.8, 4) is 28.8 Å². The Labute approximate surface area is 191 Å². The van der Waals surface area contributed by atoms with Gasteiger partial charge in [0.2, 0.25) is 5.88 Å². The van der Waals surface area contributed by atoms with Crippen LogP contribution < -0.4 is 9.64 Å². The number of nitriles is 1. The zero-order valence-electron chi connectivity index (χ0n) is 18.2. The average Bonchev–Trinajstić information content (AvgIpc) is 3.27. The van der Waals surface area contributed by atoms with Crippen LogP contribution in [-0.4, -0.2) is 62.9 Å². The van der Waals surface area contributed by atoms with E-state index in [4.69, 9.17) is 4.74 Å². The number of hydrogen-bond donors (Lipinski definition) is 1. The van der Waals surface area contributed by atoms with Crippen LogP contribution in [0.25, 0.3) is 16.6 Å². The predicted octanol–water partition coefficient (Wildman–Crippen LogP) is 2.70. The molecular weight excluding hydrogens is 418 g/mol. The Hall–Kier alpha value is -4.16. The first-order valence-electron chi connectivity index (χ1n) is 10.7. The normalized spacial score (nSPS) is 14.4. The molecule has 166 valence electrons. The highest BCUT2D eigenvalue weighted by atomic mass is 16.5. The minimum atomic E-state index is 0.0809. The monoisotopic (exact) mass is 441 g/mol. The van der Waals surface area contributed by atoms with Crippen molar-refractivity contribution in [2.75, 3.05) is 38.2 Å². The largest absolute Gasteiger partial charge is 0.506 e. The summed E-state index contributed by atoms with van der Waals surface area (Å²) in [6.07, 6.45) is 6.64. The van der Waals surface area contributed by atoms with Gasteiger partial charge in [0.15, 0.2) is 0 Å². The van der Waals surface area contributed by atoms with Gasteiger partial charge in [-0.05, 0) is 23.8 Å². The van der Waals surface area contributed by atoms with Gasteiger partial charge in [-0.1, -0.05) is 6.07 Å². The molecule has 5 heterocycles. The summed E-state index contributed by atoms with van der Waals surface area (Å²) in [7, 11) is 1.62. The summed E-state index contributed by atoms with van der Waals surface area (Å²) >= 11 is 0. The van der Waals surface area contributed by atoms with Gasteiger partial charge in [-0.2, -0.15) is 10.4 Å². The lowest BCUT2D eigenvalue weighted by Crippen LogP contribution is -2.46. The summed E-state index contributed by atoms with van der Waals surface area (Å²) in [5, 5.41) is 23.7. The molecule has 0 radical (unpaired) electrons. The molecule has 1 fully saturated rings. The van der Waals surface area contributed by atoms with Gasteiger partial charge < -0.3 is 14.7 Å². The van der Waals surface area contributed by atoms with E-state index in [1.165, 1.54) is 22.5 Å². The Morgan fingerprint density at radius 3 is 2.58 bits per heavy atom. The molecule has 1 saturated heterocycles. The summed E-state index contributed by atoms with van der Waals surface area (Å²) < 4.78 is 6.65. The van der Waals surface area contributed by atoms with Gasteiger partial charge in [-0.25, -0.2) is 14.5 Å². The van der Waals surface area contributed by atoms with E-state index in [1.54, 1.807) is 19.4 Å². The minimum absolute atomic E-state index is 0.0809. The van der Waals surface area contributed by atoms with E-state index in [-0.39, 0.29) is 5.75 Å². The molecule has 0 spiro atoms. The lowest BCUT2D eigenvalue weighted by Gasteiger charge is -2.35. The molecule has 9 heteroatoms. The highest BCUT2D eigenvalue weighted by Crippen LogP contribution is 2.30. The highest BCUT2D eigenvalue weighted by Gasteiger charge is 2.19. The summed E-state index contributed by atoms with van der Waals surface area (Å²) in [5.41, 5.74) is 3.83. The number of rotatable bonds is 5. The summed E-state index contributed by atoms with van der Waals surface area (Å²) in [5.74, 6) is 1.62. The van der Waals surface area contributed by atoms with Crippen LogP contribution >= 0.6 is 0 Å². The average molecular weight is 441 g/mol. The third-order valence-corrected chi connectivity index (χ3v) is 5.89. The van der Waals surface area contributed by atoms with Crippen molar-refractivity contribution in [1.29, 1.82) is 5.26 Å². The Morgan fingerprint density at radius 2 is 1.91 bits per heavy atom. The topological polar surface area (TPSA) is 103 Å². The molecule has 5 rings (SSSR count). The van der Waals surface area contributed by atoms with E-state index < -0.39 is 0 Å². The number of pyridine rings is 3. The van der Waals surface area contributed by atoms with Crippen molar-refractivity contribution in [1.82, 2.24) is 24.5 Å². The van der Waals surface area contributed by atoms with Crippen molar-refractivity contribution < 1.29 is 9.84 Å². The first kappa shape index (κ1) is 20.7. The molecule has 9 nitrogen and oxygen atoms in total. The van der Waals surface area contributed by atoms with Gasteiger partial charge in [0.1, 0.15) is 17.6 Å². The molecule has 0 atom stereocenters. The van der Waals surface area contributed by atoms with E-state index in [2.05, 4.69) is 37.0 Å². The Morgan fingerprint density at radius 1 is 1.06 bits per heavy atom. The van der Waals surface area contributed by atoms with Gasteiger partial charge in [-0.3, -0.25) is 4.90 Å². The number of ether oxygens (including phenoxy) is 1. The number of nitrogens with zero attached hydrogens (tertiary/aromatic N) is 7. The number of fused-ring (bicyclic) bond motifs is 1. The van der Waals surface area contributed by atoms with Crippen LogP contribution in [0.5, 0.6) is 11.6 Å². The molecule has 0 amide bonds. The van der Waals surface area contributed by atoms with Crippen LogP contribution in [0.1, 0.15) is 11.1 Å². The molecule has 1 aliphatic rings. The van der Waals surface area contributed by atoms with E-state index in [0.717, 1.165) is 49.7 Å². The highest BCUT2D eigenvalue weighted by molar-refractivity contribution is 5.85. The van der Waals surface area contributed by atoms with E-state index in [1.807, 2.05) is 24.4 Å². The second kappa shape index (κ2) is 8.76. The molecule has 1 aliphatic heterocycles. The van der Waals surface area contributed by atoms with Crippen LogP contribution in [0.2, 0.25) is 0 Å². The number of hydrogen-bond acceptors (Lipinski definition) is 8. The molecule has 0 unspecified atom stereocenters. The third kappa shape index (κ3) is 4.16. The van der Waals surface area contributed by atoms with Gasteiger partial charge in [0.05, 0.1) is 30.6 Å². The standard InChI is InChI=1S/C24H23N7O2/c1-33-23-5-2-17(12-27-23)15-29-6-8-30(9-7-29)22-4-3-18(13-26-22)21-10-20(32)16-31-24(21)19(11-25)14-28-31/h2-5,10,12-14,16,32H,6-9,15H2,1H3. The van der Waals surface area contributed by atoms with Gasteiger partial charge >= 0.3 is 0 Å². The van der Waals surface area contributed by atoms with Crippen LogP contribution in [-0.2, 0) is 6.54 Å². The second-order valence-corrected chi connectivity index (χ2v) is 7.95. The molecule has 4 aromatic heterocycles. The molecular formula is C24H23N7O2. The SMILES string of the molecule is COc1ccc(CN2CCN(c3ccc(-c4cc(O)cn5ncc(C#N)c45)cn3)CC2)cn1. The lowest BCUT2D eigenvalue weighted by atomic mass is 10.1. The van der Waals surface area contributed by atoms with Gasteiger partial charge in [-0.15, -0.1) is 0 Å². The molecule has 0 bridgehead atoms. The Kier molecular flexibility index (Phi) is 5.50. The maximum Gasteiger partial charge on any atom is 0.212 e. The summed E-state index contributed by atoms with van der Waals surface area (Å²) in [6.45, 7) is 4.49. The first-order valence-corrected chi connectivity index (χ1v) is 10.7. The molecule has 0 saturated carbocycles. The number of piperazine rings is 1. The van der Waals surface area contributed by atoms with Crippen LogP contribution in [0, 0.1) is 11.3 Å². The molecule has 1 N–H and O–H groups in total. The summed E-state index contributed by atoms with van der Waals surface area (Å²) in [6, 6.07) is 11.7. The quantitative estimate of drug-likeness (QED) is 0.504. The van der Waals surface area contributed by atoms with Gasteiger partial charge in [0, 0.05) is 62.3 Å². The number of methoxy groups -OCH3 is 1. The molecule has 33 heavy (non-hydrogen) atoms. The van der Waals surface area contributed by atoms with Crippen molar-refractivity contribution in [2.45, 2.75) is 6.54 Å².